The lowest BCUT2D eigenvalue weighted by atomic mass is 10.1. The summed E-state index contributed by atoms with van der Waals surface area (Å²) >= 11 is 0. The first-order valence-electron chi connectivity index (χ1n) is 7.27. The average Bonchev–Trinajstić information content (AvgIpc) is 2.57. The van der Waals surface area contributed by atoms with Crippen LogP contribution >= 0.6 is 0 Å². The Morgan fingerprint density at radius 2 is 2.04 bits per heavy atom. The number of benzene rings is 2. The smallest absolute Gasteiger partial charge is 0.159 e. The zero-order chi connectivity index (χ0) is 16.4. The molecule has 3 rings (SSSR count). The lowest BCUT2D eigenvalue weighted by Crippen LogP contribution is -2.36. The molecule has 0 spiro atoms. The molecule has 1 aliphatic rings. The number of hydrogen-bond acceptors (Lipinski definition) is 4. The Kier molecular flexibility index (Phi) is 4.34. The first kappa shape index (κ1) is 15.6. The van der Waals surface area contributed by atoms with Gasteiger partial charge in [0.1, 0.15) is 18.1 Å². The maximum absolute atomic E-state index is 13.3. The fourth-order valence-corrected chi connectivity index (χ4v) is 2.60. The van der Waals surface area contributed by atoms with Crippen LogP contribution in [0.4, 0.5) is 14.5 Å². The number of hydrogen-bond donors (Lipinski definition) is 1. The fraction of sp³-hybridized carbons (Fsp3) is 0.294. The maximum Gasteiger partial charge on any atom is 0.159 e. The van der Waals surface area contributed by atoms with Crippen LogP contribution < -0.4 is 14.4 Å². The van der Waals surface area contributed by atoms with Gasteiger partial charge >= 0.3 is 0 Å². The number of rotatable bonds is 4. The molecule has 2 aromatic rings. The third kappa shape index (κ3) is 3.22. The normalized spacial score (nSPS) is 14.9. The van der Waals surface area contributed by atoms with Gasteiger partial charge in [-0.15, -0.1) is 0 Å². The van der Waals surface area contributed by atoms with Gasteiger partial charge in [0.15, 0.2) is 11.6 Å². The van der Waals surface area contributed by atoms with Crippen LogP contribution in [0.3, 0.4) is 0 Å². The Balaban J connectivity index is 1.82. The number of halogens is 2. The molecule has 0 bridgehead atoms. The Morgan fingerprint density at radius 3 is 2.78 bits per heavy atom. The molecule has 1 atom stereocenters. The number of aliphatic hydroxyl groups is 1. The van der Waals surface area contributed by atoms with Crippen LogP contribution in [-0.2, 0) is 0 Å². The Labute approximate surface area is 132 Å². The first-order valence-corrected chi connectivity index (χ1v) is 7.27. The molecule has 0 aromatic heterocycles. The van der Waals surface area contributed by atoms with Gasteiger partial charge in [0, 0.05) is 12.6 Å². The highest BCUT2D eigenvalue weighted by Crippen LogP contribution is 2.35. The molecule has 0 saturated carbocycles. The van der Waals surface area contributed by atoms with E-state index in [0.29, 0.717) is 30.2 Å². The molecule has 0 aliphatic carbocycles. The third-order valence-electron chi connectivity index (χ3n) is 3.85. The largest absolute Gasteiger partial charge is 0.497 e. The molecule has 6 heteroatoms. The molecule has 4 nitrogen and oxygen atoms in total. The van der Waals surface area contributed by atoms with Gasteiger partial charge in [-0.2, -0.15) is 0 Å². The van der Waals surface area contributed by atoms with Crippen molar-refractivity contribution >= 4 is 5.69 Å². The number of aliphatic hydroxyl groups excluding tert-OH is 1. The second-order valence-electron chi connectivity index (χ2n) is 5.32. The van der Waals surface area contributed by atoms with E-state index in [-0.39, 0.29) is 6.54 Å². The monoisotopic (exact) mass is 321 g/mol. The second kappa shape index (κ2) is 6.42. The van der Waals surface area contributed by atoms with Crippen LogP contribution in [0.15, 0.2) is 36.4 Å². The van der Waals surface area contributed by atoms with Crippen molar-refractivity contribution < 1.29 is 23.4 Å². The molecule has 23 heavy (non-hydrogen) atoms. The summed E-state index contributed by atoms with van der Waals surface area (Å²) in [6, 6.07) is 8.86. The minimum absolute atomic E-state index is 0.245. The van der Waals surface area contributed by atoms with Gasteiger partial charge < -0.3 is 19.5 Å². The summed E-state index contributed by atoms with van der Waals surface area (Å²) in [6.45, 7) is 1.32. The molecule has 0 fully saturated rings. The van der Waals surface area contributed by atoms with Crippen LogP contribution in [0.25, 0.3) is 0 Å². The molecule has 122 valence electrons. The molecular weight excluding hydrogens is 304 g/mol. The summed E-state index contributed by atoms with van der Waals surface area (Å²) in [5.41, 5.74) is 1.14. The van der Waals surface area contributed by atoms with E-state index in [9.17, 15) is 13.9 Å². The van der Waals surface area contributed by atoms with Crippen molar-refractivity contribution in [1.82, 2.24) is 0 Å². The summed E-state index contributed by atoms with van der Waals surface area (Å²) in [4.78, 5) is 1.94. The van der Waals surface area contributed by atoms with E-state index in [1.165, 1.54) is 6.07 Å². The van der Waals surface area contributed by atoms with Gasteiger partial charge in [0.2, 0.25) is 0 Å². The topological polar surface area (TPSA) is 41.9 Å². The van der Waals surface area contributed by atoms with Crippen molar-refractivity contribution in [2.24, 2.45) is 0 Å². The highest BCUT2D eigenvalue weighted by molar-refractivity contribution is 5.63. The Hall–Kier alpha value is -2.34. The Morgan fingerprint density at radius 1 is 1.22 bits per heavy atom. The lowest BCUT2D eigenvalue weighted by molar-refractivity contribution is 0.178. The number of anilines is 1. The van der Waals surface area contributed by atoms with E-state index >= 15 is 0 Å². The highest BCUT2D eigenvalue weighted by Gasteiger charge is 2.22. The Bertz CT molecular complexity index is 708. The zero-order valence-corrected chi connectivity index (χ0v) is 12.6. The predicted molar refractivity (Wildman–Crippen MR) is 82.0 cm³/mol. The molecular formula is C17H17F2NO3. The van der Waals surface area contributed by atoms with Gasteiger partial charge in [-0.25, -0.2) is 8.78 Å². The minimum atomic E-state index is -0.967. The summed E-state index contributed by atoms with van der Waals surface area (Å²) < 4.78 is 37.1. The van der Waals surface area contributed by atoms with Crippen molar-refractivity contribution in [2.75, 3.05) is 31.7 Å². The molecule has 2 aromatic carbocycles. The lowest BCUT2D eigenvalue weighted by Gasteiger charge is -2.33. The van der Waals surface area contributed by atoms with E-state index in [2.05, 4.69) is 0 Å². The number of β-amino-alcohol motifs (C(OH)–C–C–N with tert-alkyl or cyclic N) is 1. The molecule has 1 N–H and O–H groups in total. The SMILES string of the molecule is COc1ccc2c(c1)N(CC(O)c1ccc(F)c(F)c1)CCO2. The second-order valence-corrected chi connectivity index (χ2v) is 5.32. The van der Waals surface area contributed by atoms with E-state index < -0.39 is 17.7 Å². The standard InChI is InChI=1S/C17H17F2NO3/c1-22-12-3-5-17-15(9-12)20(6-7-23-17)10-16(21)11-2-4-13(18)14(19)8-11/h2-5,8-9,16,21H,6-7,10H2,1H3. The summed E-state index contributed by atoms with van der Waals surface area (Å²) in [6.07, 6.45) is -0.942. The number of fused-ring (bicyclic) bond motifs is 1. The van der Waals surface area contributed by atoms with Crippen molar-refractivity contribution in [2.45, 2.75) is 6.10 Å². The van der Waals surface area contributed by atoms with Gasteiger partial charge in [0.25, 0.3) is 0 Å². The molecule has 1 unspecified atom stereocenters. The average molecular weight is 321 g/mol. The predicted octanol–water partition coefficient (Wildman–Crippen LogP) is 2.91. The van der Waals surface area contributed by atoms with Crippen LogP contribution in [0.5, 0.6) is 11.5 Å². The molecule has 0 radical (unpaired) electrons. The van der Waals surface area contributed by atoms with E-state index in [1.54, 1.807) is 13.2 Å². The van der Waals surface area contributed by atoms with Crippen molar-refractivity contribution in [3.63, 3.8) is 0 Å². The molecule has 0 amide bonds. The van der Waals surface area contributed by atoms with Crippen LogP contribution in [-0.4, -0.2) is 31.9 Å². The zero-order valence-electron chi connectivity index (χ0n) is 12.6. The van der Waals surface area contributed by atoms with Crippen molar-refractivity contribution in [3.8, 4) is 11.5 Å². The molecule has 1 aliphatic heterocycles. The van der Waals surface area contributed by atoms with Crippen LogP contribution in [0.2, 0.25) is 0 Å². The maximum atomic E-state index is 13.3. The van der Waals surface area contributed by atoms with E-state index in [1.807, 2.05) is 17.0 Å². The molecule has 0 saturated heterocycles. The van der Waals surface area contributed by atoms with Crippen molar-refractivity contribution in [3.05, 3.63) is 53.6 Å². The summed E-state index contributed by atoms with van der Waals surface area (Å²) in [7, 11) is 1.58. The molecule has 1 heterocycles. The summed E-state index contributed by atoms with van der Waals surface area (Å²) in [5, 5.41) is 10.3. The minimum Gasteiger partial charge on any atom is -0.497 e. The van der Waals surface area contributed by atoms with Crippen molar-refractivity contribution in [1.29, 1.82) is 0 Å². The van der Waals surface area contributed by atoms with Crippen LogP contribution in [0, 0.1) is 11.6 Å². The van der Waals surface area contributed by atoms with Gasteiger partial charge in [-0.05, 0) is 29.8 Å². The summed E-state index contributed by atoms with van der Waals surface area (Å²) in [5.74, 6) is -0.510. The van der Waals surface area contributed by atoms with Gasteiger partial charge in [-0.1, -0.05) is 6.07 Å². The van der Waals surface area contributed by atoms with E-state index in [4.69, 9.17) is 9.47 Å². The number of nitrogens with zero attached hydrogens (tertiary/aromatic N) is 1. The number of methoxy groups -OCH3 is 1. The third-order valence-corrected chi connectivity index (χ3v) is 3.85. The fourth-order valence-electron chi connectivity index (χ4n) is 2.60. The highest BCUT2D eigenvalue weighted by atomic mass is 19.2. The van der Waals surface area contributed by atoms with E-state index in [0.717, 1.165) is 17.8 Å². The van der Waals surface area contributed by atoms with Crippen LogP contribution in [0.1, 0.15) is 11.7 Å². The first-order chi connectivity index (χ1) is 11.1. The van der Waals surface area contributed by atoms with Gasteiger partial charge in [-0.3, -0.25) is 0 Å². The van der Waals surface area contributed by atoms with Gasteiger partial charge in [0.05, 0.1) is 25.4 Å². The quantitative estimate of drug-likeness (QED) is 0.940. The number of ether oxygens (including phenoxy) is 2.